The van der Waals surface area contributed by atoms with Crippen LogP contribution in [0.2, 0.25) is 0 Å². The third kappa shape index (κ3) is 1.87. The fraction of sp³-hybridized carbons (Fsp3) is 0.267. The van der Waals surface area contributed by atoms with Gasteiger partial charge in [-0.15, -0.1) is 0 Å². The van der Waals surface area contributed by atoms with E-state index in [-0.39, 0.29) is 6.10 Å². The van der Waals surface area contributed by atoms with Gasteiger partial charge >= 0.3 is 0 Å². The third-order valence-corrected chi connectivity index (χ3v) is 3.26. The number of hydrogen-bond donors (Lipinski definition) is 1. The molecule has 0 aliphatic carbocycles. The van der Waals surface area contributed by atoms with E-state index in [9.17, 15) is 0 Å². The predicted molar refractivity (Wildman–Crippen MR) is 71.6 cm³/mol. The van der Waals surface area contributed by atoms with E-state index in [0.717, 1.165) is 29.1 Å². The Morgan fingerprint density at radius 2 is 2.11 bits per heavy atom. The van der Waals surface area contributed by atoms with Gasteiger partial charge in [-0.2, -0.15) is 0 Å². The number of aromatic nitrogens is 1. The molecule has 3 heteroatoms. The first-order valence-corrected chi connectivity index (χ1v) is 6.20. The maximum atomic E-state index is 5.92. The number of benzene rings is 1. The topological polar surface area (TPSA) is 48.1 Å². The van der Waals surface area contributed by atoms with Gasteiger partial charge in [-0.05, 0) is 30.7 Å². The maximum Gasteiger partial charge on any atom is 0.132 e. The predicted octanol–water partition coefficient (Wildman–Crippen LogP) is 2.32. The molecule has 2 aromatic rings. The van der Waals surface area contributed by atoms with E-state index >= 15 is 0 Å². The van der Waals surface area contributed by atoms with Crippen LogP contribution < -0.4 is 10.5 Å². The van der Waals surface area contributed by atoms with Crippen molar-refractivity contribution in [1.29, 1.82) is 0 Å². The highest BCUT2D eigenvalue weighted by molar-refractivity contribution is 5.70. The zero-order valence-corrected chi connectivity index (χ0v) is 10.4. The fourth-order valence-corrected chi connectivity index (χ4v) is 2.36. The van der Waals surface area contributed by atoms with Crippen LogP contribution in [0.4, 0.5) is 0 Å². The summed E-state index contributed by atoms with van der Waals surface area (Å²) in [5.74, 6) is 0.950. The molecule has 1 aromatic carbocycles. The summed E-state index contributed by atoms with van der Waals surface area (Å²) >= 11 is 0. The highest BCUT2D eigenvalue weighted by Gasteiger charge is 2.24. The van der Waals surface area contributed by atoms with Gasteiger partial charge in [0.25, 0.3) is 0 Å². The quantitative estimate of drug-likeness (QED) is 0.876. The van der Waals surface area contributed by atoms with E-state index < -0.39 is 0 Å². The first-order chi connectivity index (χ1) is 8.78. The Bertz CT molecular complexity index is 580. The Labute approximate surface area is 107 Å². The van der Waals surface area contributed by atoms with Crippen LogP contribution in [0.15, 0.2) is 36.4 Å². The zero-order chi connectivity index (χ0) is 12.5. The average Bonchev–Trinajstić information content (AvgIpc) is 2.81. The van der Waals surface area contributed by atoms with Gasteiger partial charge in [-0.25, -0.2) is 0 Å². The number of rotatable bonds is 2. The van der Waals surface area contributed by atoms with E-state index in [1.54, 1.807) is 0 Å². The number of ether oxygens (including phenoxy) is 1. The summed E-state index contributed by atoms with van der Waals surface area (Å²) in [5, 5.41) is 0. The zero-order valence-electron chi connectivity index (χ0n) is 10.4. The lowest BCUT2D eigenvalue weighted by atomic mass is 10.0. The molecule has 1 aliphatic heterocycles. The summed E-state index contributed by atoms with van der Waals surface area (Å²) in [7, 11) is 0. The minimum absolute atomic E-state index is 0.103. The molecular formula is C15H16N2O. The summed E-state index contributed by atoms with van der Waals surface area (Å²) in [6.45, 7) is 2.55. The Balaban J connectivity index is 2.08. The van der Waals surface area contributed by atoms with Crippen molar-refractivity contribution in [3.8, 4) is 17.0 Å². The Morgan fingerprint density at radius 1 is 1.28 bits per heavy atom. The lowest BCUT2D eigenvalue weighted by Crippen LogP contribution is -2.24. The van der Waals surface area contributed by atoms with Gasteiger partial charge in [0.15, 0.2) is 0 Å². The van der Waals surface area contributed by atoms with Crippen molar-refractivity contribution in [1.82, 2.24) is 4.98 Å². The third-order valence-electron chi connectivity index (χ3n) is 3.26. The molecule has 18 heavy (non-hydrogen) atoms. The smallest absolute Gasteiger partial charge is 0.132 e. The molecule has 1 aromatic heterocycles. The second-order valence-corrected chi connectivity index (χ2v) is 4.64. The molecule has 0 radical (unpaired) electrons. The molecule has 0 spiro atoms. The number of nitrogens with zero attached hydrogens (tertiary/aromatic N) is 1. The van der Waals surface area contributed by atoms with Gasteiger partial charge in [0.1, 0.15) is 11.9 Å². The summed E-state index contributed by atoms with van der Waals surface area (Å²) in [6.07, 6.45) is 0.997. The van der Waals surface area contributed by atoms with Crippen LogP contribution in [0.5, 0.6) is 5.75 Å². The van der Waals surface area contributed by atoms with E-state index in [2.05, 4.69) is 23.2 Å². The van der Waals surface area contributed by atoms with Crippen molar-refractivity contribution in [2.24, 2.45) is 5.73 Å². The van der Waals surface area contributed by atoms with Crippen molar-refractivity contribution in [3.05, 3.63) is 47.7 Å². The first-order valence-electron chi connectivity index (χ1n) is 6.20. The Kier molecular flexibility index (Phi) is 2.76. The molecule has 1 atom stereocenters. The minimum atomic E-state index is 0.103. The van der Waals surface area contributed by atoms with Crippen molar-refractivity contribution >= 4 is 0 Å². The molecule has 0 saturated carbocycles. The molecule has 1 aliphatic rings. The number of hydrogen-bond acceptors (Lipinski definition) is 3. The summed E-state index contributed by atoms with van der Waals surface area (Å²) in [6, 6.07) is 12.2. The van der Waals surface area contributed by atoms with Gasteiger partial charge in [-0.1, -0.05) is 18.2 Å². The SMILES string of the molecule is Cc1cccc(-c2cccc3c2OC(CN)C3)n1. The van der Waals surface area contributed by atoms with Gasteiger partial charge in [0, 0.05) is 24.2 Å². The van der Waals surface area contributed by atoms with Crippen LogP contribution in [-0.2, 0) is 6.42 Å². The Morgan fingerprint density at radius 3 is 2.89 bits per heavy atom. The molecule has 3 nitrogen and oxygen atoms in total. The molecule has 0 fully saturated rings. The number of nitrogens with two attached hydrogens (primary N) is 1. The minimum Gasteiger partial charge on any atom is -0.488 e. The van der Waals surface area contributed by atoms with E-state index in [0.29, 0.717) is 6.54 Å². The second-order valence-electron chi connectivity index (χ2n) is 4.64. The molecule has 0 saturated heterocycles. The molecule has 1 unspecified atom stereocenters. The second kappa shape index (κ2) is 4.42. The number of fused-ring (bicyclic) bond motifs is 1. The van der Waals surface area contributed by atoms with Crippen molar-refractivity contribution in [3.63, 3.8) is 0 Å². The highest BCUT2D eigenvalue weighted by Crippen LogP contribution is 2.37. The fourth-order valence-electron chi connectivity index (χ4n) is 2.36. The molecule has 92 valence electrons. The van der Waals surface area contributed by atoms with Crippen LogP contribution in [0, 0.1) is 6.92 Å². The van der Waals surface area contributed by atoms with Crippen LogP contribution in [0.1, 0.15) is 11.3 Å². The number of aryl methyl sites for hydroxylation is 1. The van der Waals surface area contributed by atoms with Crippen molar-refractivity contribution in [2.45, 2.75) is 19.4 Å². The normalized spacial score (nSPS) is 17.3. The largest absolute Gasteiger partial charge is 0.488 e. The molecule has 0 bridgehead atoms. The van der Waals surface area contributed by atoms with Crippen LogP contribution in [0.3, 0.4) is 0 Å². The van der Waals surface area contributed by atoms with Crippen LogP contribution in [0.25, 0.3) is 11.3 Å². The van der Waals surface area contributed by atoms with Gasteiger partial charge in [0.05, 0.1) is 5.69 Å². The standard InChI is InChI=1S/C15H16N2O/c1-10-4-2-7-14(17-10)13-6-3-5-11-8-12(9-16)18-15(11)13/h2-7,12H,8-9,16H2,1H3. The lowest BCUT2D eigenvalue weighted by molar-refractivity contribution is 0.242. The van der Waals surface area contributed by atoms with Gasteiger partial charge in [-0.3, -0.25) is 4.98 Å². The molecule has 2 N–H and O–H groups in total. The van der Waals surface area contributed by atoms with Crippen LogP contribution >= 0.6 is 0 Å². The molecule has 0 amide bonds. The van der Waals surface area contributed by atoms with Gasteiger partial charge < -0.3 is 10.5 Å². The van der Waals surface area contributed by atoms with E-state index in [1.165, 1.54) is 5.56 Å². The molecule has 2 heterocycles. The average molecular weight is 240 g/mol. The van der Waals surface area contributed by atoms with Crippen molar-refractivity contribution < 1.29 is 4.74 Å². The Hall–Kier alpha value is -1.87. The maximum absolute atomic E-state index is 5.92. The van der Waals surface area contributed by atoms with E-state index in [4.69, 9.17) is 10.5 Å². The lowest BCUT2D eigenvalue weighted by Gasteiger charge is -2.10. The number of pyridine rings is 1. The molecule has 3 rings (SSSR count). The summed E-state index contributed by atoms with van der Waals surface area (Å²) < 4.78 is 5.92. The molecular weight excluding hydrogens is 224 g/mol. The summed E-state index contributed by atoms with van der Waals surface area (Å²) in [5.41, 5.74) is 9.95. The van der Waals surface area contributed by atoms with E-state index in [1.807, 2.05) is 25.1 Å². The summed E-state index contributed by atoms with van der Waals surface area (Å²) in [4.78, 5) is 4.56. The van der Waals surface area contributed by atoms with Gasteiger partial charge in [0.2, 0.25) is 0 Å². The number of para-hydroxylation sites is 1. The van der Waals surface area contributed by atoms with Crippen molar-refractivity contribution in [2.75, 3.05) is 6.54 Å². The highest BCUT2D eigenvalue weighted by atomic mass is 16.5. The monoisotopic (exact) mass is 240 g/mol. The first kappa shape index (κ1) is 11.2. The van der Waals surface area contributed by atoms with Crippen LogP contribution in [-0.4, -0.2) is 17.6 Å².